The van der Waals surface area contributed by atoms with Gasteiger partial charge in [-0.1, -0.05) is 24.6 Å². The van der Waals surface area contributed by atoms with Crippen molar-refractivity contribution in [1.29, 1.82) is 0 Å². The maximum Gasteiger partial charge on any atom is 0.277 e. The lowest BCUT2D eigenvalue weighted by molar-refractivity contribution is -0.120. The Kier molecular flexibility index (Phi) is 6.03. The van der Waals surface area contributed by atoms with Crippen LogP contribution in [0, 0.1) is 0 Å². The Labute approximate surface area is 156 Å². The van der Waals surface area contributed by atoms with Gasteiger partial charge in [-0.2, -0.15) is 0 Å². The summed E-state index contributed by atoms with van der Waals surface area (Å²) >= 11 is 1.26. The van der Waals surface area contributed by atoms with Crippen molar-refractivity contribution in [3.05, 3.63) is 18.2 Å². The van der Waals surface area contributed by atoms with Gasteiger partial charge in [0.2, 0.25) is 11.8 Å². The SMILES string of the molecule is COc1ccc(-c2nnc(S[C@@H](C)C(=O)NC3CCCC3)o2)cc1OC. The number of thioether (sulfide) groups is 1. The standard InChI is InChI=1S/C18H23N3O4S/c1-11(16(22)19-13-6-4-5-7-13)26-18-21-20-17(25-18)12-8-9-14(23-2)15(10-12)24-3/h8-11,13H,4-7H2,1-3H3,(H,19,22)/t11-/m0/s1. The van der Waals surface area contributed by atoms with E-state index in [0.29, 0.717) is 28.7 Å². The number of aromatic nitrogens is 2. The molecule has 0 saturated heterocycles. The molecule has 1 heterocycles. The van der Waals surface area contributed by atoms with E-state index in [1.807, 2.05) is 13.0 Å². The lowest BCUT2D eigenvalue weighted by Crippen LogP contribution is -2.37. The van der Waals surface area contributed by atoms with Crippen LogP contribution in [0.2, 0.25) is 0 Å². The van der Waals surface area contributed by atoms with E-state index in [1.54, 1.807) is 26.4 Å². The maximum absolute atomic E-state index is 12.3. The van der Waals surface area contributed by atoms with Gasteiger partial charge >= 0.3 is 0 Å². The van der Waals surface area contributed by atoms with Crippen molar-refractivity contribution in [1.82, 2.24) is 15.5 Å². The average molecular weight is 377 g/mol. The van der Waals surface area contributed by atoms with Crippen molar-refractivity contribution in [2.75, 3.05) is 14.2 Å². The molecule has 1 fully saturated rings. The van der Waals surface area contributed by atoms with Crippen LogP contribution in [-0.2, 0) is 4.79 Å². The molecule has 8 heteroatoms. The van der Waals surface area contributed by atoms with Crippen molar-refractivity contribution >= 4 is 17.7 Å². The smallest absolute Gasteiger partial charge is 0.277 e. The zero-order valence-electron chi connectivity index (χ0n) is 15.2. The van der Waals surface area contributed by atoms with Crippen LogP contribution < -0.4 is 14.8 Å². The third-order valence-corrected chi connectivity index (χ3v) is 5.32. The summed E-state index contributed by atoms with van der Waals surface area (Å²) in [6.45, 7) is 1.84. The minimum Gasteiger partial charge on any atom is -0.493 e. The largest absolute Gasteiger partial charge is 0.493 e. The van der Waals surface area contributed by atoms with E-state index >= 15 is 0 Å². The van der Waals surface area contributed by atoms with Gasteiger partial charge in [0.25, 0.3) is 5.22 Å². The number of hydrogen-bond donors (Lipinski definition) is 1. The second-order valence-electron chi connectivity index (χ2n) is 6.19. The number of ether oxygens (including phenoxy) is 2. The molecule has 1 aromatic heterocycles. The first-order valence-electron chi connectivity index (χ1n) is 8.63. The highest BCUT2D eigenvalue weighted by Gasteiger charge is 2.23. The molecule has 3 rings (SSSR count). The molecule has 7 nitrogen and oxygen atoms in total. The van der Waals surface area contributed by atoms with E-state index in [-0.39, 0.29) is 11.2 Å². The van der Waals surface area contributed by atoms with Gasteiger partial charge in [-0.15, -0.1) is 10.2 Å². The number of nitrogens with one attached hydrogen (secondary N) is 1. The maximum atomic E-state index is 12.3. The molecule has 0 bridgehead atoms. The van der Waals surface area contributed by atoms with Gasteiger partial charge in [-0.25, -0.2) is 0 Å². The predicted octanol–water partition coefficient (Wildman–Crippen LogP) is 3.29. The number of carbonyl (C=O) groups is 1. The van der Waals surface area contributed by atoms with E-state index in [9.17, 15) is 4.79 Å². The topological polar surface area (TPSA) is 86.5 Å². The van der Waals surface area contributed by atoms with Gasteiger partial charge in [-0.3, -0.25) is 4.79 Å². The highest BCUT2D eigenvalue weighted by molar-refractivity contribution is 8.00. The Morgan fingerprint density at radius 2 is 1.96 bits per heavy atom. The Morgan fingerprint density at radius 3 is 2.65 bits per heavy atom. The Balaban J connectivity index is 1.64. The minimum atomic E-state index is -0.297. The normalized spacial score (nSPS) is 15.7. The fourth-order valence-electron chi connectivity index (χ4n) is 2.94. The zero-order valence-corrected chi connectivity index (χ0v) is 16.0. The van der Waals surface area contributed by atoms with Gasteiger partial charge in [0.1, 0.15) is 0 Å². The summed E-state index contributed by atoms with van der Waals surface area (Å²) in [6.07, 6.45) is 4.50. The van der Waals surface area contributed by atoms with Gasteiger partial charge in [0.05, 0.1) is 19.5 Å². The summed E-state index contributed by atoms with van der Waals surface area (Å²) in [5.74, 6) is 1.59. The molecular formula is C18H23N3O4S. The van der Waals surface area contributed by atoms with E-state index in [2.05, 4.69) is 15.5 Å². The van der Waals surface area contributed by atoms with Crippen LogP contribution in [0.25, 0.3) is 11.5 Å². The van der Waals surface area contributed by atoms with Crippen LogP contribution in [0.5, 0.6) is 11.5 Å². The van der Waals surface area contributed by atoms with Crippen molar-refractivity contribution in [2.45, 2.75) is 49.1 Å². The third kappa shape index (κ3) is 4.30. The lowest BCUT2D eigenvalue weighted by atomic mass is 10.2. The highest BCUT2D eigenvalue weighted by Crippen LogP contribution is 2.33. The first kappa shape index (κ1) is 18.6. The van der Waals surface area contributed by atoms with Crippen LogP contribution in [0.1, 0.15) is 32.6 Å². The van der Waals surface area contributed by atoms with E-state index in [1.165, 1.54) is 24.6 Å². The monoisotopic (exact) mass is 377 g/mol. The van der Waals surface area contributed by atoms with Crippen molar-refractivity contribution < 1.29 is 18.7 Å². The van der Waals surface area contributed by atoms with Crippen molar-refractivity contribution in [3.63, 3.8) is 0 Å². The fraction of sp³-hybridized carbons (Fsp3) is 0.500. The molecule has 1 amide bonds. The van der Waals surface area contributed by atoms with Gasteiger partial charge in [0.15, 0.2) is 11.5 Å². The number of carbonyl (C=O) groups excluding carboxylic acids is 1. The number of rotatable bonds is 7. The molecule has 26 heavy (non-hydrogen) atoms. The molecule has 1 aliphatic rings. The van der Waals surface area contributed by atoms with Crippen LogP contribution in [0.4, 0.5) is 0 Å². The second-order valence-corrected chi connectivity index (χ2v) is 7.48. The molecule has 0 unspecified atom stereocenters. The van der Waals surface area contributed by atoms with E-state index < -0.39 is 0 Å². The number of benzene rings is 1. The first-order valence-corrected chi connectivity index (χ1v) is 9.51. The Morgan fingerprint density at radius 1 is 1.23 bits per heavy atom. The molecular weight excluding hydrogens is 354 g/mol. The fourth-order valence-corrected chi connectivity index (χ4v) is 3.63. The van der Waals surface area contributed by atoms with Gasteiger partial charge in [-0.05, 0) is 38.0 Å². The van der Waals surface area contributed by atoms with Crippen LogP contribution in [0.3, 0.4) is 0 Å². The number of methoxy groups -OCH3 is 2. The summed E-state index contributed by atoms with van der Waals surface area (Å²) in [4.78, 5) is 12.3. The Hall–Kier alpha value is -2.22. The van der Waals surface area contributed by atoms with Crippen molar-refractivity contribution in [2.24, 2.45) is 0 Å². The second kappa shape index (κ2) is 8.44. The van der Waals surface area contributed by atoms with Crippen molar-refractivity contribution in [3.8, 4) is 23.0 Å². The molecule has 1 saturated carbocycles. The molecule has 0 aliphatic heterocycles. The summed E-state index contributed by atoms with van der Waals surface area (Å²) in [6, 6.07) is 5.68. The molecule has 1 aromatic carbocycles. The highest BCUT2D eigenvalue weighted by atomic mass is 32.2. The third-order valence-electron chi connectivity index (χ3n) is 4.39. The Bertz CT molecular complexity index is 759. The quantitative estimate of drug-likeness (QED) is 0.741. The summed E-state index contributed by atoms with van der Waals surface area (Å²) in [7, 11) is 3.15. The zero-order chi connectivity index (χ0) is 18.5. The van der Waals surface area contributed by atoms with Crippen LogP contribution in [0.15, 0.2) is 27.8 Å². The number of hydrogen-bond acceptors (Lipinski definition) is 7. The van der Waals surface area contributed by atoms with Gasteiger partial charge in [0, 0.05) is 11.6 Å². The summed E-state index contributed by atoms with van der Waals surface area (Å²) in [5, 5.41) is 11.3. The van der Waals surface area contributed by atoms with Crippen LogP contribution in [-0.4, -0.2) is 41.6 Å². The molecule has 1 atom stereocenters. The van der Waals surface area contributed by atoms with E-state index in [0.717, 1.165) is 18.4 Å². The molecule has 1 aliphatic carbocycles. The molecule has 1 N–H and O–H groups in total. The molecule has 2 aromatic rings. The van der Waals surface area contributed by atoms with Crippen LogP contribution >= 0.6 is 11.8 Å². The number of nitrogens with zero attached hydrogens (tertiary/aromatic N) is 2. The predicted molar refractivity (Wildman–Crippen MR) is 98.6 cm³/mol. The van der Waals surface area contributed by atoms with E-state index in [4.69, 9.17) is 13.9 Å². The minimum absolute atomic E-state index is 0.00719. The first-order chi connectivity index (χ1) is 12.6. The summed E-state index contributed by atoms with van der Waals surface area (Å²) < 4.78 is 16.2. The summed E-state index contributed by atoms with van der Waals surface area (Å²) in [5.41, 5.74) is 0.727. The lowest BCUT2D eigenvalue weighted by Gasteiger charge is -2.14. The molecule has 140 valence electrons. The average Bonchev–Trinajstić information content (AvgIpc) is 3.33. The van der Waals surface area contributed by atoms with Gasteiger partial charge < -0.3 is 19.2 Å². The molecule has 0 spiro atoms. The number of amides is 1. The molecule has 0 radical (unpaired) electrons.